The monoisotopic (exact) mass is 339 g/mol. The summed E-state index contributed by atoms with van der Waals surface area (Å²) in [6.45, 7) is 0.215. The van der Waals surface area contributed by atoms with Crippen LogP contribution >= 0.6 is 11.3 Å². The fraction of sp³-hybridized carbons (Fsp3) is 0.105. The Bertz CT molecular complexity index is 843. The maximum absolute atomic E-state index is 12.5. The van der Waals surface area contributed by atoms with Gasteiger partial charge in [-0.15, -0.1) is 11.3 Å². The first-order valence-electron chi connectivity index (χ1n) is 7.41. The maximum atomic E-state index is 12.5. The summed E-state index contributed by atoms with van der Waals surface area (Å²) in [7, 11) is 1.61. The Balaban J connectivity index is 1.85. The lowest BCUT2D eigenvalue weighted by molar-refractivity contribution is 0.0475. The molecule has 122 valence electrons. The molecule has 24 heavy (non-hydrogen) atoms. The Kier molecular flexibility index (Phi) is 4.82. The molecule has 0 saturated carbocycles. The van der Waals surface area contributed by atoms with Gasteiger partial charge in [0.05, 0.1) is 7.11 Å². The summed E-state index contributed by atoms with van der Waals surface area (Å²) < 4.78 is 10.7. The van der Waals surface area contributed by atoms with Crippen molar-refractivity contribution in [3.05, 3.63) is 71.1 Å². The molecule has 0 aliphatic carbocycles. The van der Waals surface area contributed by atoms with E-state index in [4.69, 9.17) is 15.2 Å². The number of nitrogens with two attached hydrogens (primary N) is 1. The summed E-state index contributed by atoms with van der Waals surface area (Å²) in [5.74, 6) is 0.302. The van der Waals surface area contributed by atoms with E-state index >= 15 is 0 Å². The number of carbonyl (C=O) groups is 1. The summed E-state index contributed by atoms with van der Waals surface area (Å²) in [4.78, 5) is 12.5. The number of benzene rings is 2. The minimum absolute atomic E-state index is 0.215. The van der Waals surface area contributed by atoms with E-state index < -0.39 is 5.97 Å². The number of nitrogen functional groups attached to an aromatic ring is 1. The second kappa shape index (κ2) is 7.19. The van der Waals surface area contributed by atoms with E-state index in [1.807, 2.05) is 60.0 Å². The van der Waals surface area contributed by atoms with E-state index in [2.05, 4.69) is 0 Å². The lowest BCUT2D eigenvalue weighted by Gasteiger charge is -2.08. The molecule has 1 aromatic heterocycles. The summed E-state index contributed by atoms with van der Waals surface area (Å²) in [5, 5.41) is 2.31. The van der Waals surface area contributed by atoms with Crippen molar-refractivity contribution in [2.45, 2.75) is 6.61 Å². The van der Waals surface area contributed by atoms with Gasteiger partial charge in [-0.2, -0.15) is 0 Å². The smallest absolute Gasteiger partial charge is 0.342 e. The standard InChI is InChI=1S/C19H17NO3S/c1-22-15-9-5-8-14(10-15)16-12-24-18(20)17(16)19(21)23-11-13-6-3-2-4-7-13/h2-10,12H,11,20H2,1H3. The van der Waals surface area contributed by atoms with Crippen molar-refractivity contribution >= 4 is 22.3 Å². The van der Waals surface area contributed by atoms with E-state index in [1.165, 1.54) is 11.3 Å². The number of methoxy groups -OCH3 is 1. The van der Waals surface area contributed by atoms with E-state index in [0.717, 1.165) is 22.4 Å². The van der Waals surface area contributed by atoms with E-state index in [9.17, 15) is 4.79 Å². The molecule has 0 aliphatic heterocycles. The predicted octanol–water partition coefficient (Wildman–Crippen LogP) is 4.36. The average molecular weight is 339 g/mol. The highest BCUT2D eigenvalue weighted by atomic mass is 32.1. The maximum Gasteiger partial charge on any atom is 0.342 e. The molecule has 1 heterocycles. The molecule has 2 aromatic carbocycles. The van der Waals surface area contributed by atoms with Gasteiger partial charge in [0.2, 0.25) is 0 Å². The third-order valence-corrected chi connectivity index (χ3v) is 4.43. The highest BCUT2D eigenvalue weighted by Gasteiger charge is 2.20. The molecule has 4 nitrogen and oxygen atoms in total. The molecule has 3 aromatic rings. The Morgan fingerprint density at radius 3 is 2.67 bits per heavy atom. The van der Waals surface area contributed by atoms with Crippen molar-refractivity contribution in [3.8, 4) is 16.9 Å². The van der Waals surface area contributed by atoms with Crippen molar-refractivity contribution in [2.24, 2.45) is 0 Å². The minimum Gasteiger partial charge on any atom is -0.497 e. The second-order valence-corrected chi connectivity index (χ2v) is 6.09. The van der Waals surface area contributed by atoms with Gasteiger partial charge in [0.1, 0.15) is 22.9 Å². The third-order valence-electron chi connectivity index (χ3n) is 3.62. The van der Waals surface area contributed by atoms with Crippen LogP contribution in [0.4, 0.5) is 5.00 Å². The fourth-order valence-electron chi connectivity index (χ4n) is 2.38. The molecule has 0 aliphatic rings. The summed E-state index contributed by atoms with van der Waals surface area (Å²) in [5.41, 5.74) is 8.97. The molecule has 0 bridgehead atoms. The first-order valence-corrected chi connectivity index (χ1v) is 8.29. The first-order chi connectivity index (χ1) is 11.7. The molecule has 0 atom stereocenters. The van der Waals surface area contributed by atoms with Gasteiger partial charge in [-0.1, -0.05) is 42.5 Å². The molecule has 0 fully saturated rings. The van der Waals surface area contributed by atoms with Crippen LogP contribution in [0.25, 0.3) is 11.1 Å². The number of thiophene rings is 1. The number of carbonyl (C=O) groups excluding carboxylic acids is 1. The van der Waals surface area contributed by atoms with Crippen molar-refractivity contribution in [1.82, 2.24) is 0 Å². The van der Waals surface area contributed by atoms with Crippen molar-refractivity contribution in [3.63, 3.8) is 0 Å². The molecule has 0 amide bonds. The van der Waals surface area contributed by atoms with Gasteiger partial charge < -0.3 is 15.2 Å². The number of ether oxygens (including phenoxy) is 2. The zero-order valence-corrected chi connectivity index (χ0v) is 14.0. The normalized spacial score (nSPS) is 10.4. The highest BCUT2D eigenvalue weighted by molar-refractivity contribution is 7.14. The number of hydrogen-bond acceptors (Lipinski definition) is 5. The third kappa shape index (κ3) is 3.41. The van der Waals surface area contributed by atoms with Crippen LogP contribution in [0.1, 0.15) is 15.9 Å². The van der Waals surface area contributed by atoms with Crippen molar-refractivity contribution < 1.29 is 14.3 Å². The number of anilines is 1. The van der Waals surface area contributed by atoms with Crippen LogP contribution in [0, 0.1) is 0 Å². The Morgan fingerprint density at radius 2 is 1.92 bits per heavy atom. The molecule has 0 spiro atoms. The van der Waals surface area contributed by atoms with Crippen LogP contribution in [0.15, 0.2) is 60.0 Å². The molecule has 0 saturated heterocycles. The van der Waals surface area contributed by atoms with Crippen molar-refractivity contribution in [2.75, 3.05) is 12.8 Å². The SMILES string of the molecule is COc1cccc(-c2csc(N)c2C(=O)OCc2ccccc2)c1. The van der Waals surface area contributed by atoms with Gasteiger partial charge in [-0.3, -0.25) is 0 Å². The van der Waals surface area contributed by atoms with Gasteiger partial charge in [0, 0.05) is 10.9 Å². The zero-order valence-electron chi connectivity index (χ0n) is 13.2. The Morgan fingerprint density at radius 1 is 1.12 bits per heavy atom. The second-order valence-electron chi connectivity index (χ2n) is 5.18. The highest BCUT2D eigenvalue weighted by Crippen LogP contribution is 2.35. The molecule has 5 heteroatoms. The number of esters is 1. The Hall–Kier alpha value is -2.79. The van der Waals surface area contributed by atoms with Gasteiger partial charge >= 0.3 is 5.97 Å². The minimum atomic E-state index is -0.421. The topological polar surface area (TPSA) is 61.5 Å². The van der Waals surface area contributed by atoms with Crippen LogP contribution in [0.5, 0.6) is 5.75 Å². The van der Waals surface area contributed by atoms with E-state index in [-0.39, 0.29) is 6.61 Å². The average Bonchev–Trinajstić information content (AvgIpc) is 3.02. The molecular weight excluding hydrogens is 322 g/mol. The van der Waals surface area contributed by atoms with E-state index in [0.29, 0.717) is 10.6 Å². The van der Waals surface area contributed by atoms with Crippen LogP contribution in [0.3, 0.4) is 0 Å². The molecule has 0 unspecified atom stereocenters. The van der Waals surface area contributed by atoms with Crippen molar-refractivity contribution in [1.29, 1.82) is 0 Å². The first kappa shape index (κ1) is 16.1. The van der Waals surface area contributed by atoms with E-state index in [1.54, 1.807) is 7.11 Å². The van der Waals surface area contributed by atoms with Gasteiger partial charge in [-0.25, -0.2) is 4.79 Å². The number of hydrogen-bond donors (Lipinski definition) is 1. The van der Waals surface area contributed by atoms with Crippen LogP contribution in [-0.4, -0.2) is 13.1 Å². The molecule has 0 radical (unpaired) electrons. The predicted molar refractivity (Wildman–Crippen MR) is 96.3 cm³/mol. The quantitative estimate of drug-likeness (QED) is 0.702. The van der Waals surface area contributed by atoms with Crippen LogP contribution in [0.2, 0.25) is 0 Å². The number of rotatable bonds is 5. The van der Waals surface area contributed by atoms with Gasteiger partial charge in [0.25, 0.3) is 0 Å². The summed E-state index contributed by atoms with van der Waals surface area (Å²) in [6.07, 6.45) is 0. The molecule has 3 rings (SSSR count). The van der Waals surface area contributed by atoms with Crippen LogP contribution in [-0.2, 0) is 11.3 Å². The van der Waals surface area contributed by atoms with Gasteiger partial charge in [0.15, 0.2) is 0 Å². The molecular formula is C19H17NO3S. The fourth-order valence-corrected chi connectivity index (χ4v) is 3.19. The zero-order chi connectivity index (χ0) is 16.9. The largest absolute Gasteiger partial charge is 0.497 e. The van der Waals surface area contributed by atoms with Crippen LogP contribution < -0.4 is 10.5 Å². The summed E-state index contributed by atoms with van der Waals surface area (Å²) in [6, 6.07) is 17.1. The lowest BCUT2D eigenvalue weighted by atomic mass is 10.0. The lowest BCUT2D eigenvalue weighted by Crippen LogP contribution is -2.07. The Labute approximate surface area is 144 Å². The molecule has 2 N–H and O–H groups in total. The summed E-state index contributed by atoms with van der Waals surface area (Å²) >= 11 is 1.33. The van der Waals surface area contributed by atoms with Gasteiger partial charge in [-0.05, 0) is 23.3 Å².